The topological polar surface area (TPSA) is 59.9 Å². The van der Waals surface area contributed by atoms with Gasteiger partial charge in [0.1, 0.15) is 11.5 Å². The Kier molecular flexibility index (Phi) is 7.44. The van der Waals surface area contributed by atoms with Crippen LogP contribution in [0.4, 0.5) is 0 Å². The van der Waals surface area contributed by atoms with Crippen LogP contribution in [0.5, 0.6) is 11.5 Å². The fourth-order valence-corrected chi connectivity index (χ4v) is 3.72. The van der Waals surface area contributed by atoms with Crippen molar-refractivity contribution < 1.29 is 14.3 Å². The molecule has 27 heavy (non-hydrogen) atoms. The Bertz CT molecular complexity index is 828. The number of nitrogens with zero attached hydrogens (tertiary/aromatic N) is 1. The molecule has 0 saturated heterocycles. The summed E-state index contributed by atoms with van der Waals surface area (Å²) in [5.74, 6) is 0.922. The van der Waals surface area contributed by atoms with E-state index in [0.717, 1.165) is 14.5 Å². The lowest BCUT2D eigenvalue weighted by molar-refractivity contribution is -0.123. The minimum atomic E-state index is -0.348. The predicted octanol–water partition coefficient (Wildman–Crippen LogP) is 5.05. The Balaban J connectivity index is 1.91. The molecular formula is C20H22Br2N2O3. The number of rotatable bonds is 6. The van der Waals surface area contributed by atoms with Crippen LogP contribution in [0.15, 0.2) is 50.4 Å². The third kappa shape index (κ3) is 6.36. The SMILES string of the molecule is COc1c(Br)cc(Br)cc1/C=N/NC(=O)COc1ccc(C(C)(C)C)cc1. The van der Waals surface area contributed by atoms with Gasteiger partial charge < -0.3 is 9.47 Å². The number of carbonyl (C=O) groups is 1. The molecule has 0 radical (unpaired) electrons. The summed E-state index contributed by atoms with van der Waals surface area (Å²) in [7, 11) is 1.57. The minimum absolute atomic E-state index is 0.0765. The summed E-state index contributed by atoms with van der Waals surface area (Å²) >= 11 is 6.83. The van der Waals surface area contributed by atoms with Gasteiger partial charge in [0, 0.05) is 10.0 Å². The smallest absolute Gasteiger partial charge is 0.277 e. The minimum Gasteiger partial charge on any atom is -0.495 e. The lowest BCUT2D eigenvalue weighted by Crippen LogP contribution is -2.24. The van der Waals surface area contributed by atoms with Crippen LogP contribution in [0.1, 0.15) is 31.9 Å². The van der Waals surface area contributed by atoms with E-state index in [2.05, 4.69) is 63.2 Å². The van der Waals surface area contributed by atoms with E-state index in [0.29, 0.717) is 11.5 Å². The second-order valence-corrected chi connectivity index (χ2v) is 8.64. The molecule has 2 aromatic rings. The van der Waals surface area contributed by atoms with Crippen molar-refractivity contribution in [1.82, 2.24) is 5.43 Å². The van der Waals surface area contributed by atoms with Crippen LogP contribution >= 0.6 is 31.9 Å². The molecule has 0 aliphatic rings. The van der Waals surface area contributed by atoms with Crippen LogP contribution < -0.4 is 14.9 Å². The monoisotopic (exact) mass is 496 g/mol. The first-order valence-electron chi connectivity index (χ1n) is 8.29. The van der Waals surface area contributed by atoms with Crippen LogP contribution in [-0.2, 0) is 10.2 Å². The van der Waals surface area contributed by atoms with Crippen molar-refractivity contribution in [2.24, 2.45) is 5.10 Å². The van der Waals surface area contributed by atoms with E-state index in [4.69, 9.17) is 9.47 Å². The molecule has 0 spiro atoms. The zero-order chi connectivity index (χ0) is 20.0. The van der Waals surface area contributed by atoms with E-state index >= 15 is 0 Å². The van der Waals surface area contributed by atoms with Crippen molar-refractivity contribution in [3.05, 3.63) is 56.5 Å². The normalized spacial score (nSPS) is 11.5. The van der Waals surface area contributed by atoms with Gasteiger partial charge in [-0.3, -0.25) is 4.79 Å². The van der Waals surface area contributed by atoms with Crippen LogP contribution in [0.25, 0.3) is 0 Å². The van der Waals surface area contributed by atoms with Crippen molar-refractivity contribution in [1.29, 1.82) is 0 Å². The van der Waals surface area contributed by atoms with E-state index < -0.39 is 0 Å². The highest BCUT2D eigenvalue weighted by Crippen LogP contribution is 2.31. The van der Waals surface area contributed by atoms with Gasteiger partial charge in [-0.25, -0.2) is 5.43 Å². The summed E-state index contributed by atoms with van der Waals surface area (Å²) < 4.78 is 12.5. The van der Waals surface area contributed by atoms with Gasteiger partial charge in [-0.2, -0.15) is 5.10 Å². The quantitative estimate of drug-likeness (QED) is 0.449. The lowest BCUT2D eigenvalue weighted by atomic mass is 9.87. The van der Waals surface area contributed by atoms with E-state index in [1.165, 1.54) is 11.8 Å². The molecule has 1 amide bonds. The van der Waals surface area contributed by atoms with Gasteiger partial charge in [0.05, 0.1) is 17.8 Å². The number of hydrogen-bond acceptors (Lipinski definition) is 4. The van der Waals surface area contributed by atoms with E-state index in [1.807, 2.05) is 36.4 Å². The molecule has 1 N–H and O–H groups in total. The van der Waals surface area contributed by atoms with Gasteiger partial charge in [-0.15, -0.1) is 0 Å². The molecule has 0 aliphatic carbocycles. The standard InChI is InChI=1S/C20H22Br2N2O3/c1-20(2,3)14-5-7-16(8-6-14)27-12-18(25)24-23-11-13-9-15(21)10-17(22)19(13)26-4/h5-11H,12H2,1-4H3,(H,24,25)/b23-11+. The maximum atomic E-state index is 11.9. The number of nitrogens with one attached hydrogen (secondary N) is 1. The second kappa shape index (κ2) is 9.37. The van der Waals surface area contributed by atoms with Crippen molar-refractivity contribution in [3.63, 3.8) is 0 Å². The predicted molar refractivity (Wildman–Crippen MR) is 115 cm³/mol. The summed E-state index contributed by atoms with van der Waals surface area (Å²) in [5.41, 5.74) is 4.45. The molecule has 0 atom stereocenters. The maximum absolute atomic E-state index is 11.9. The fraction of sp³-hybridized carbons (Fsp3) is 0.300. The zero-order valence-corrected chi connectivity index (χ0v) is 18.8. The van der Waals surface area contributed by atoms with Gasteiger partial charge in [-0.1, -0.05) is 48.8 Å². The Morgan fingerprint density at radius 2 is 1.85 bits per heavy atom. The Morgan fingerprint density at radius 1 is 1.19 bits per heavy atom. The average molecular weight is 498 g/mol. The fourth-order valence-electron chi connectivity index (χ4n) is 2.30. The van der Waals surface area contributed by atoms with Crippen LogP contribution in [0.3, 0.4) is 0 Å². The molecule has 0 heterocycles. The van der Waals surface area contributed by atoms with Crippen molar-refractivity contribution >= 4 is 44.0 Å². The number of ether oxygens (including phenoxy) is 2. The Labute approximate surface area is 176 Å². The Hall–Kier alpha value is -1.86. The highest BCUT2D eigenvalue weighted by atomic mass is 79.9. The van der Waals surface area contributed by atoms with E-state index in [1.54, 1.807) is 7.11 Å². The summed E-state index contributed by atoms with van der Waals surface area (Å²) in [4.78, 5) is 11.9. The first-order valence-corrected chi connectivity index (χ1v) is 9.87. The molecule has 0 unspecified atom stereocenters. The molecule has 0 bridgehead atoms. The molecular weight excluding hydrogens is 476 g/mol. The molecule has 144 valence electrons. The van der Waals surface area contributed by atoms with E-state index in [-0.39, 0.29) is 17.9 Å². The van der Waals surface area contributed by atoms with Crippen LogP contribution in [0.2, 0.25) is 0 Å². The first kappa shape index (κ1) is 21.4. The number of hydrogen-bond donors (Lipinski definition) is 1. The number of hydrazone groups is 1. The van der Waals surface area contributed by atoms with Gasteiger partial charge >= 0.3 is 0 Å². The number of benzene rings is 2. The van der Waals surface area contributed by atoms with E-state index in [9.17, 15) is 4.79 Å². The summed E-state index contributed by atoms with van der Waals surface area (Å²) in [6.45, 7) is 6.32. The van der Waals surface area contributed by atoms with Crippen molar-refractivity contribution in [2.75, 3.05) is 13.7 Å². The van der Waals surface area contributed by atoms with Crippen LogP contribution in [0, 0.1) is 0 Å². The highest BCUT2D eigenvalue weighted by Gasteiger charge is 2.13. The Morgan fingerprint density at radius 3 is 2.44 bits per heavy atom. The second-order valence-electron chi connectivity index (χ2n) is 6.87. The number of halogens is 2. The van der Waals surface area contributed by atoms with Crippen molar-refractivity contribution in [3.8, 4) is 11.5 Å². The van der Waals surface area contributed by atoms with Crippen molar-refractivity contribution in [2.45, 2.75) is 26.2 Å². The van der Waals surface area contributed by atoms with Crippen LogP contribution in [-0.4, -0.2) is 25.8 Å². The molecule has 0 aromatic heterocycles. The number of amides is 1. The summed E-state index contributed by atoms with van der Waals surface area (Å²) in [5, 5.41) is 3.96. The number of methoxy groups -OCH3 is 1. The summed E-state index contributed by atoms with van der Waals surface area (Å²) in [6.07, 6.45) is 1.52. The molecule has 7 heteroatoms. The molecule has 0 aliphatic heterocycles. The molecule has 0 fully saturated rings. The molecule has 0 saturated carbocycles. The van der Waals surface area contributed by atoms with Gasteiger partial charge in [-0.05, 0) is 51.2 Å². The zero-order valence-electron chi connectivity index (χ0n) is 15.7. The third-order valence-corrected chi connectivity index (χ3v) is 4.77. The summed E-state index contributed by atoms with van der Waals surface area (Å²) in [6, 6.07) is 11.4. The molecule has 5 nitrogen and oxygen atoms in total. The number of carbonyl (C=O) groups excluding carboxylic acids is 1. The van der Waals surface area contributed by atoms with Gasteiger partial charge in [0.15, 0.2) is 6.61 Å². The average Bonchev–Trinajstić information content (AvgIpc) is 2.59. The first-order chi connectivity index (χ1) is 12.7. The molecule has 2 rings (SSSR count). The largest absolute Gasteiger partial charge is 0.495 e. The third-order valence-electron chi connectivity index (χ3n) is 3.72. The molecule has 2 aromatic carbocycles. The van der Waals surface area contributed by atoms with Gasteiger partial charge in [0.25, 0.3) is 5.91 Å². The highest BCUT2D eigenvalue weighted by molar-refractivity contribution is 9.11. The lowest BCUT2D eigenvalue weighted by Gasteiger charge is -2.19. The van der Waals surface area contributed by atoms with Gasteiger partial charge in [0.2, 0.25) is 0 Å². The maximum Gasteiger partial charge on any atom is 0.277 e.